The predicted octanol–water partition coefficient (Wildman–Crippen LogP) is 2.58. The summed E-state index contributed by atoms with van der Waals surface area (Å²) in [5, 5.41) is 11.2. The highest BCUT2D eigenvalue weighted by Gasteiger charge is 2.10. The molecule has 0 fully saturated rings. The van der Waals surface area contributed by atoms with E-state index in [0.29, 0.717) is 10.1 Å². The topological polar surface area (TPSA) is 59.4 Å². The Hall–Kier alpha value is -1.40. The van der Waals surface area contributed by atoms with Crippen molar-refractivity contribution >= 4 is 28.6 Å². The number of carboxylic acid groups (broad SMARTS) is 1. The summed E-state index contributed by atoms with van der Waals surface area (Å²) < 4.78 is 4.97. The van der Waals surface area contributed by atoms with Crippen LogP contribution in [0.4, 0.5) is 0 Å². The van der Waals surface area contributed by atoms with Crippen LogP contribution < -0.4 is 4.74 Å². The van der Waals surface area contributed by atoms with Crippen LogP contribution in [0.1, 0.15) is 9.67 Å². The number of carbonyl (C=O) groups is 1. The van der Waals surface area contributed by atoms with Crippen molar-refractivity contribution < 1.29 is 14.6 Å². The van der Waals surface area contributed by atoms with E-state index in [4.69, 9.17) is 9.84 Å². The lowest BCUT2D eigenvalue weighted by Gasteiger charge is -1.89. The second kappa shape index (κ2) is 4.00. The lowest BCUT2D eigenvalue weighted by Crippen LogP contribution is -1.89. The number of methoxy groups -OCH3 is 1. The summed E-state index contributed by atoms with van der Waals surface area (Å²) in [6.07, 6.45) is 0. The molecule has 0 aliphatic carbocycles. The van der Waals surface area contributed by atoms with Crippen LogP contribution in [0.15, 0.2) is 17.5 Å². The van der Waals surface area contributed by atoms with Crippen LogP contribution in [0.5, 0.6) is 5.19 Å². The average molecular weight is 241 g/mol. The van der Waals surface area contributed by atoms with Gasteiger partial charge in [0.2, 0.25) is 0 Å². The molecule has 0 amide bonds. The predicted molar refractivity (Wildman–Crippen MR) is 58.9 cm³/mol. The molecule has 0 saturated carbocycles. The van der Waals surface area contributed by atoms with Gasteiger partial charge in [0.05, 0.1) is 17.7 Å². The fraction of sp³-hybridized carbons (Fsp3) is 0.111. The minimum absolute atomic E-state index is 0.317. The van der Waals surface area contributed by atoms with Gasteiger partial charge in [0, 0.05) is 5.38 Å². The van der Waals surface area contributed by atoms with Gasteiger partial charge in [0.25, 0.3) is 5.19 Å². The molecule has 78 valence electrons. The maximum Gasteiger partial charge on any atom is 0.345 e. The lowest BCUT2D eigenvalue weighted by molar-refractivity contribution is 0.0702. The zero-order valence-electron chi connectivity index (χ0n) is 7.76. The number of thiazole rings is 1. The van der Waals surface area contributed by atoms with Gasteiger partial charge in [-0.15, -0.1) is 11.3 Å². The Balaban J connectivity index is 2.32. The van der Waals surface area contributed by atoms with Gasteiger partial charge in [-0.25, -0.2) is 9.78 Å². The SMILES string of the molecule is COc1nc(-c2ccc(C(=O)O)s2)cs1. The van der Waals surface area contributed by atoms with Gasteiger partial charge in [0.15, 0.2) is 0 Å². The third-order valence-corrected chi connectivity index (χ3v) is 3.62. The normalized spacial score (nSPS) is 10.2. The standard InChI is InChI=1S/C9H7NO3S2/c1-13-9-10-5(4-14-9)6-2-3-7(15-6)8(11)12/h2-4H,1H3,(H,11,12). The van der Waals surface area contributed by atoms with Gasteiger partial charge in [-0.05, 0) is 12.1 Å². The number of thiophene rings is 1. The highest BCUT2D eigenvalue weighted by atomic mass is 32.1. The van der Waals surface area contributed by atoms with E-state index >= 15 is 0 Å². The third-order valence-electron chi connectivity index (χ3n) is 1.73. The summed E-state index contributed by atoms with van der Waals surface area (Å²) in [6.45, 7) is 0. The largest absolute Gasteiger partial charge is 0.477 e. The van der Waals surface area contributed by atoms with Crippen LogP contribution in [0.2, 0.25) is 0 Å². The first-order chi connectivity index (χ1) is 7.20. The fourth-order valence-electron chi connectivity index (χ4n) is 1.05. The summed E-state index contributed by atoms with van der Waals surface area (Å²) in [4.78, 5) is 16.0. The molecule has 2 aromatic heterocycles. The highest BCUT2D eigenvalue weighted by molar-refractivity contribution is 7.17. The minimum Gasteiger partial charge on any atom is -0.477 e. The van der Waals surface area contributed by atoms with Crippen molar-refractivity contribution in [3.05, 3.63) is 22.4 Å². The molecule has 0 aliphatic rings. The molecule has 1 N–H and O–H groups in total. The lowest BCUT2D eigenvalue weighted by atomic mass is 10.4. The van der Waals surface area contributed by atoms with Crippen molar-refractivity contribution in [1.82, 2.24) is 4.98 Å². The molecule has 0 saturated heterocycles. The van der Waals surface area contributed by atoms with Gasteiger partial charge in [-0.2, -0.15) is 0 Å². The van der Waals surface area contributed by atoms with Crippen LogP contribution in [0.25, 0.3) is 10.6 Å². The van der Waals surface area contributed by atoms with Crippen molar-refractivity contribution in [3.8, 4) is 15.8 Å². The molecule has 0 radical (unpaired) electrons. The summed E-state index contributed by atoms with van der Waals surface area (Å²) in [6, 6.07) is 3.33. The summed E-state index contributed by atoms with van der Waals surface area (Å²) in [7, 11) is 1.56. The van der Waals surface area contributed by atoms with Crippen LogP contribution in [-0.4, -0.2) is 23.2 Å². The smallest absolute Gasteiger partial charge is 0.345 e. The van der Waals surface area contributed by atoms with Gasteiger partial charge in [-0.3, -0.25) is 0 Å². The maximum atomic E-state index is 10.7. The summed E-state index contributed by atoms with van der Waals surface area (Å²) in [5.74, 6) is -0.909. The van der Waals surface area contributed by atoms with E-state index in [0.717, 1.165) is 10.6 Å². The minimum atomic E-state index is -0.909. The number of aromatic carboxylic acids is 1. The number of nitrogens with zero attached hydrogens (tertiary/aromatic N) is 1. The summed E-state index contributed by atoms with van der Waals surface area (Å²) in [5.41, 5.74) is 0.759. The van der Waals surface area contributed by atoms with E-state index in [1.807, 2.05) is 5.38 Å². The molecule has 4 nitrogen and oxygen atoms in total. The molecular weight excluding hydrogens is 234 g/mol. The van der Waals surface area contributed by atoms with Crippen LogP contribution in [0.3, 0.4) is 0 Å². The molecule has 0 aromatic carbocycles. The van der Waals surface area contributed by atoms with Gasteiger partial charge in [0.1, 0.15) is 4.88 Å². The molecular formula is C9H7NO3S2. The number of carboxylic acids is 1. The molecule has 0 unspecified atom stereocenters. The van der Waals surface area contributed by atoms with Gasteiger partial charge >= 0.3 is 5.97 Å². The van der Waals surface area contributed by atoms with E-state index < -0.39 is 5.97 Å². The molecule has 2 heterocycles. The van der Waals surface area contributed by atoms with Gasteiger partial charge in [-0.1, -0.05) is 11.3 Å². The fourth-order valence-corrected chi connectivity index (χ4v) is 2.57. The molecule has 2 rings (SSSR count). The Morgan fingerprint density at radius 3 is 2.87 bits per heavy atom. The Labute approximate surface area is 93.8 Å². The molecule has 0 atom stereocenters. The van der Waals surface area contributed by atoms with E-state index in [1.54, 1.807) is 19.2 Å². The Morgan fingerprint density at radius 1 is 1.53 bits per heavy atom. The van der Waals surface area contributed by atoms with E-state index in [2.05, 4.69) is 4.98 Å². The second-order valence-corrected chi connectivity index (χ2v) is 4.58. The molecule has 0 spiro atoms. The van der Waals surface area contributed by atoms with E-state index in [9.17, 15) is 4.79 Å². The zero-order valence-corrected chi connectivity index (χ0v) is 9.39. The second-order valence-electron chi connectivity index (χ2n) is 2.67. The van der Waals surface area contributed by atoms with Crippen molar-refractivity contribution in [2.24, 2.45) is 0 Å². The van der Waals surface area contributed by atoms with E-state index in [-0.39, 0.29) is 0 Å². The van der Waals surface area contributed by atoms with Crippen molar-refractivity contribution in [2.75, 3.05) is 7.11 Å². The number of rotatable bonds is 3. The first-order valence-electron chi connectivity index (χ1n) is 4.03. The van der Waals surface area contributed by atoms with Crippen molar-refractivity contribution in [3.63, 3.8) is 0 Å². The van der Waals surface area contributed by atoms with E-state index in [1.165, 1.54) is 22.7 Å². The van der Waals surface area contributed by atoms with Crippen molar-refractivity contribution in [1.29, 1.82) is 0 Å². The number of hydrogen-bond acceptors (Lipinski definition) is 5. The number of ether oxygens (including phenoxy) is 1. The maximum absolute atomic E-state index is 10.7. The first-order valence-corrected chi connectivity index (χ1v) is 5.73. The Kier molecular flexibility index (Phi) is 2.70. The van der Waals surface area contributed by atoms with Crippen LogP contribution in [0, 0.1) is 0 Å². The first kappa shape index (κ1) is 10.1. The highest BCUT2D eigenvalue weighted by Crippen LogP contribution is 2.31. The number of aromatic nitrogens is 1. The monoisotopic (exact) mass is 241 g/mol. The zero-order chi connectivity index (χ0) is 10.8. The molecule has 15 heavy (non-hydrogen) atoms. The van der Waals surface area contributed by atoms with Gasteiger partial charge < -0.3 is 9.84 Å². The molecule has 0 aliphatic heterocycles. The Morgan fingerprint density at radius 2 is 2.33 bits per heavy atom. The quantitative estimate of drug-likeness (QED) is 0.897. The summed E-state index contributed by atoms with van der Waals surface area (Å²) >= 11 is 2.59. The van der Waals surface area contributed by atoms with Crippen LogP contribution in [-0.2, 0) is 0 Å². The molecule has 2 aromatic rings. The average Bonchev–Trinajstić information content (AvgIpc) is 2.86. The number of hydrogen-bond donors (Lipinski definition) is 1. The Bertz CT molecular complexity index is 489. The molecule has 0 bridgehead atoms. The van der Waals surface area contributed by atoms with Crippen molar-refractivity contribution in [2.45, 2.75) is 0 Å². The molecule has 6 heteroatoms. The third kappa shape index (κ3) is 2.00. The van der Waals surface area contributed by atoms with Crippen LogP contribution >= 0.6 is 22.7 Å².